The van der Waals surface area contributed by atoms with Crippen LogP contribution in [0.1, 0.15) is 57.2 Å². The number of nitrogen functional groups attached to an aromatic ring is 1. The van der Waals surface area contributed by atoms with Gasteiger partial charge < -0.3 is 25.6 Å². The third-order valence-corrected chi connectivity index (χ3v) is 13.8. The van der Waals surface area contributed by atoms with Gasteiger partial charge in [0.15, 0.2) is 0 Å². The molecule has 9 heteroatoms. The third kappa shape index (κ3) is 3.86. The number of carboxylic acids is 1. The van der Waals surface area contributed by atoms with Crippen molar-refractivity contribution in [3.8, 4) is 11.4 Å². The van der Waals surface area contributed by atoms with Crippen LogP contribution in [0.5, 0.6) is 0 Å². The maximum Gasteiger partial charge on any atom is 0.306 e. The number of hydrogen-bond donors (Lipinski definition) is 4. The van der Waals surface area contributed by atoms with Crippen LogP contribution in [-0.2, 0) is 23.5 Å². The molecule has 36 heavy (non-hydrogen) atoms. The number of benzene rings is 1. The van der Waals surface area contributed by atoms with Gasteiger partial charge in [0.05, 0.1) is 44.6 Å². The summed E-state index contributed by atoms with van der Waals surface area (Å²) in [6, 6.07) is 7.30. The molecule has 0 saturated heterocycles. The van der Waals surface area contributed by atoms with E-state index in [1.807, 2.05) is 18.2 Å². The number of nitrogens with two attached hydrogens (primary N) is 1. The maximum absolute atomic E-state index is 13.6. The second-order valence-electron chi connectivity index (χ2n) is 11.4. The number of nitrogens with zero attached hydrogens (tertiary/aromatic N) is 2. The summed E-state index contributed by atoms with van der Waals surface area (Å²) in [4.78, 5) is 30.2. The second-order valence-corrected chi connectivity index (χ2v) is 16.6. The van der Waals surface area contributed by atoms with Gasteiger partial charge in [-0.15, -0.1) is 0 Å². The molecular formula is C27H35N3O5Si. The standard InChI is InChI=1S/C27H35N3O5Si/c1-7-27(35,12-22(32)33)19-11-21-23-17(13-30(21)25(34)18(19)14-31)24(36(5,6)26(2,3)4)16-10-15(28)8-9-20(16)29-23/h8-11,31,35H,7,12-14,28H2,1-6H3,(H,32,33). The number of aliphatic carboxylic acids is 1. The number of carboxylic acid groups (broad SMARTS) is 1. The van der Waals surface area contributed by atoms with E-state index in [1.165, 1.54) is 5.19 Å². The first-order valence-corrected chi connectivity index (χ1v) is 15.2. The number of pyridine rings is 2. The van der Waals surface area contributed by atoms with Crippen LogP contribution in [0.4, 0.5) is 5.69 Å². The minimum atomic E-state index is -2.17. The fourth-order valence-corrected chi connectivity index (χ4v) is 7.78. The van der Waals surface area contributed by atoms with Crippen molar-refractivity contribution in [2.24, 2.45) is 0 Å². The van der Waals surface area contributed by atoms with E-state index in [4.69, 9.17) is 10.7 Å². The summed E-state index contributed by atoms with van der Waals surface area (Å²) in [6.45, 7) is 12.7. The molecular weight excluding hydrogens is 474 g/mol. The summed E-state index contributed by atoms with van der Waals surface area (Å²) >= 11 is 0. The van der Waals surface area contributed by atoms with Crippen molar-refractivity contribution >= 4 is 35.8 Å². The minimum absolute atomic E-state index is 0.00916. The minimum Gasteiger partial charge on any atom is -0.481 e. The normalized spacial score (nSPS) is 15.0. The van der Waals surface area contributed by atoms with E-state index in [1.54, 1.807) is 17.6 Å². The lowest BCUT2D eigenvalue weighted by molar-refractivity contribution is -0.143. The summed E-state index contributed by atoms with van der Waals surface area (Å²) in [6.07, 6.45) is -0.506. The number of aromatic nitrogens is 2. The summed E-state index contributed by atoms with van der Waals surface area (Å²) in [5.74, 6) is -1.19. The number of aliphatic hydroxyl groups is 2. The highest BCUT2D eigenvalue weighted by atomic mass is 28.3. The molecule has 5 N–H and O–H groups in total. The fraction of sp³-hybridized carbons (Fsp3) is 0.444. The number of anilines is 1. The van der Waals surface area contributed by atoms with E-state index in [-0.39, 0.29) is 22.6 Å². The van der Waals surface area contributed by atoms with Gasteiger partial charge in [-0.2, -0.15) is 0 Å². The number of aliphatic hydroxyl groups excluding tert-OH is 1. The van der Waals surface area contributed by atoms with Crippen LogP contribution >= 0.6 is 0 Å². The highest BCUT2D eigenvalue weighted by molar-refractivity contribution is 6.94. The molecule has 3 heterocycles. The lowest BCUT2D eigenvalue weighted by atomic mass is 9.85. The molecule has 3 aromatic rings. The third-order valence-electron chi connectivity index (χ3n) is 8.26. The molecule has 1 aliphatic heterocycles. The highest BCUT2D eigenvalue weighted by Crippen LogP contribution is 2.42. The van der Waals surface area contributed by atoms with Gasteiger partial charge in [0.1, 0.15) is 5.60 Å². The van der Waals surface area contributed by atoms with Crippen LogP contribution in [-0.4, -0.2) is 38.9 Å². The van der Waals surface area contributed by atoms with Gasteiger partial charge in [-0.1, -0.05) is 40.8 Å². The Hall–Kier alpha value is -3.01. The SMILES string of the molecule is CCC(O)(CC(=O)O)c1cc2n(c(=O)c1CO)Cc1c-2nc2ccc(N)cc2c1[Si](C)(C)C(C)(C)C. The van der Waals surface area contributed by atoms with Crippen LogP contribution < -0.4 is 16.5 Å². The number of hydrogen-bond acceptors (Lipinski definition) is 6. The lowest BCUT2D eigenvalue weighted by Crippen LogP contribution is -2.51. The largest absolute Gasteiger partial charge is 0.481 e. The van der Waals surface area contributed by atoms with Crippen LogP contribution in [0, 0.1) is 0 Å². The molecule has 2 aromatic heterocycles. The molecule has 0 aliphatic carbocycles. The smallest absolute Gasteiger partial charge is 0.306 e. The zero-order valence-electron chi connectivity index (χ0n) is 21.8. The van der Waals surface area contributed by atoms with E-state index in [2.05, 4.69) is 33.9 Å². The maximum atomic E-state index is 13.6. The van der Waals surface area contributed by atoms with Crippen molar-refractivity contribution in [3.05, 3.63) is 51.3 Å². The highest BCUT2D eigenvalue weighted by Gasteiger charge is 2.43. The molecule has 0 fully saturated rings. The molecule has 1 aliphatic rings. The zero-order valence-corrected chi connectivity index (χ0v) is 22.8. The van der Waals surface area contributed by atoms with Crippen LogP contribution in [0.15, 0.2) is 29.1 Å². The van der Waals surface area contributed by atoms with Gasteiger partial charge in [0.25, 0.3) is 5.56 Å². The molecule has 0 amide bonds. The molecule has 0 spiro atoms. The van der Waals surface area contributed by atoms with Gasteiger partial charge in [-0.3, -0.25) is 9.59 Å². The summed E-state index contributed by atoms with van der Waals surface area (Å²) in [5.41, 5.74) is 7.66. The predicted octanol–water partition coefficient (Wildman–Crippen LogP) is 3.29. The van der Waals surface area contributed by atoms with E-state index >= 15 is 0 Å². The molecule has 0 radical (unpaired) electrons. The van der Waals surface area contributed by atoms with E-state index in [0.29, 0.717) is 23.6 Å². The van der Waals surface area contributed by atoms with Gasteiger partial charge in [-0.25, -0.2) is 4.98 Å². The average molecular weight is 510 g/mol. The number of fused-ring (bicyclic) bond motifs is 4. The molecule has 0 bridgehead atoms. The Kier molecular flexibility index (Phi) is 6.18. The van der Waals surface area contributed by atoms with E-state index in [0.717, 1.165) is 16.5 Å². The molecule has 8 nitrogen and oxygen atoms in total. The van der Waals surface area contributed by atoms with Crippen LogP contribution in [0.3, 0.4) is 0 Å². The van der Waals surface area contributed by atoms with E-state index in [9.17, 15) is 24.9 Å². The topological polar surface area (TPSA) is 139 Å². The molecule has 4 rings (SSSR count). The van der Waals surface area contributed by atoms with Crippen molar-refractivity contribution in [3.63, 3.8) is 0 Å². The van der Waals surface area contributed by atoms with E-state index < -0.39 is 38.2 Å². The van der Waals surface area contributed by atoms with Crippen molar-refractivity contribution in [2.45, 2.75) is 77.4 Å². The fourth-order valence-electron chi connectivity index (χ4n) is 5.20. The molecule has 1 aromatic carbocycles. The van der Waals surface area contributed by atoms with Crippen LogP contribution in [0.25, 0.3) is 22.3 Å². The van der Waals surface area contributed by atoms with Crippen molar-refractivity contribution < 1.29 is 20.1 Å². The first-order chi connectivity index (χ1) is 16.7. The zero-order chi connectivity index (χ0) is 26.8. The quantitative estimate of drug-likeness (QED) is 0.231. The first kappa shape index (κ1) is 26.1. The average Bonchev–Trinajstić information content (AvgIpc) is 3.14. The van der Waals surface area contributed by atoms with Gasteiger partial charge >= 0.3 is 5.97 Å². The van der Waals surface area contributed by atoms with Gasteiger partial charge in [0, 0.05) is 16.6 Å². The Balaban J connectivity index is 2.12. The van der Waals surface area contributed by atoms with Crippen molar-refractivity contribution in [2.75, 3.05) is 5.73 Å². The molecule has 1 atom stereocenters. The van der Waals surface area contributed by atoms with Crippen LogP contribution in [0.2, 0.25) is 18.1 Å². The monoisotopic (exact) mass is 509 g/mol. The lowest BCUT2D eigenvalue weighted by Gasteiger charge is -2.39. The Morgan fingerprint density at radius 1 is 1.22 bits per heavy atom. The predicted molar refractivity (Wildman–Crippen MR) is 144 cm³/mol. The Morgan fingerprint density at radius 2 is 1.89 bits per heavy atom. The Morgan fingerprint density at radius 3 is 2.44 bits per heavy atom. The molecule has 1 unspecified atom stereocenters. The Labute approximate surface area is 211 Å². The summed E-state index contributed by atoms with van der Waals surface area (Å²) in [7, 11) is -2.17. The van der Waals surface area contributed by atoms with Crippen molar-refractivity contribution in [1.82, 2.24) is 9.55 Å². The molecule has 192 valence electrons. The second kappa shape index (κ2) is 8.54. The number of carbonyl (C=O) groups is 1. The Bertz CT molecular complexity index is 1450. The summed E-state index contributed by atoms with van der Waals surface area (Å²) in [5, 5.41) is 33.0. The first-order valence-electron chi connectivity index (χ1n) is 12.2. The van der Waals surface area contributed by atoms with Gasteiger partial charge in [0.2, 0.25) is 0 Å². The number of rotatable bonds is 6. The molecule has 0 saturated carbocycles. The van der Waals surface area contributed by atoms with Gasteiger partial charge in [-0.05, 0) is 52.0 Å². The summed E-state index contributed by atoms with van der Waals surface area (Å²) < 4.78 is 1.59. The van der Waals surface area contributed by atoms with Crippen molar-refractivity contribution in [1.29, 1.82) is 0 Å².